The molecule has 1 N–H and O–H groups in total. The summed E-state index contributed by atoms with van der Waals surface area (Å²) in [6, 6.07) is 0. The summed E-state index contributed by atoms with van der Waals surface area (Å²) >= 11 is 0. The molecular formula is C9H12N2O6S. The maximum Gasteiger partial charge on any atom is 0.329 e. The van der Waals surface area contributed by atoms with Gasteiger partial charge in [0.1, 0.15) is 13.2 Å². The lowest BCUT2D eigenvalue weighted by atomic mass is 10.1. The monoisotopic (exact) mass is 276 g/mol. The van der Waals surface area contributed by atoms with Gasteiger partial charge in [-0.1, -0.05) is 5.16 Å². The van der Waals surface area contributed by atoms with E-state index in [9.17, 15) is 13.2 Å². The van der Waals surface area contributed by atoms with Gasteiger partial charge >= 0.3 is 5.97 Å². The van der Waals surface area contributed by atoms with Crippen LogP contribution in [0.3, 0.4) is 0 Å². The summed E-state index contributed by atoms with van der Waals surface area (Å²) in [6.45, 7) is -0.547. The van der Waals surface area contributed by atoms with Crippen molar-refractivity contribution in [3.63, 3.8) is 0 Å². The van der Waals surface area contributed by atoms with Crippen LogP contribution in [-0.4, -0.2) is 47.7 Å². The molecule has 1 aliphatic rings. The Hall–Kier alpha value is -1.48. The molecule has 1 aromatic rings. The van der Waals surface area contributed by atoms with E-state index < -0.39 is 22.4 Å². The highest BCUT2D eigenvalue weighted by atomic mass is 32.2. The number of carbonyl (C=O) groups is 1. The van der Waals surface area contributed by atoms with Crippen molar-refractivity contribution < 1.29 is 27.6 Å². The molecule has 9 heteroatoms. The number of aliphatic carboxylic acids is 1. The summed E-state index contributed by atoms with van der Waals surface area (Å²) in [7, 11) is -2.99. The van der Waals surface area contributed by atoms with Crippen molar-refractivity contribution in [3.05, 3.63) is 11.7 Å². The average molecular weight is 276 g/mol. The predicted octanol–water partition coefficient (Wildman–Crippen LogP) is -0.427. The van der Waals surface area contributed by atoms with E-state index in [1.807, 2.05) is 0 Å². The molecule has 0 amide bonds. The molecule has 1 unspecified atom stereocenters. The fraction of sp³-hybridized carbons (Fsp3) is 0.667. The number of hydrogen-bond acceptors (Lipinski definition) is 7. The highest BCUT2D eigenvalue weighted by molar-refractivity contribution is 7.91. The SMILES string of the molecule is O=C(O)COCc1nc(C2CCS(=O)(=O)C2)no1. The molecular weight excluding hydrogens is 264 g/mol. The van der Waals surface area contributed by atoms with Crippen LogP contribution in [-0.2, 0) is 26.0 Å². The minimum Gasteiger partial charge on any atom is -0.480 e. The Labute approximate surface area is 103 Å². The average Bonchev–Trinajstić information content (AvgIpc) is 2.84. The molecule has 2 rings (SSSR count). The van der Waals surface area contributed by atoms with Crippen LogP contribution in [0.5, 0.6) is 0 Å². The van der Waals surface area contributed by atoms with Gasteiger partial charge in [0, 0.05) is 5.92 Å². The highest BCUT2D eigenvalue weighted by Crippen LogP contribution is 2.26. The fourth-order valence-electron chi connectivity index (χ4n) is 1.72. The minimum atomic E-state index is -2.99. The summed E-state index contributed by atoms with van der Waals surface area (Å²) in [5.41, 5.74) is 0. The van der Waals surface area contributed by atoms with Crippen LogP contribution in [0, 0.1) is 0 Å². The third-order valence-electron chi connectivity index (χ3n) is 2.53. The number of ether oxygens (including phenoxy) is 1. The highest BCUT2D eigenvalue weighted by Gasteiger charge is 2.32. The molecule has 1 saturated heterocycles. The third-order valence-corrected chi connectivity index (χ3v) is 4.30. The molecule has 1 atom stereocenters. The Balaban J connectivity index is 1.92. The fourth-order valence-corrected chi connectivity index (χ4v) is 3.46. The smallest absolute Gasteiger partial charge is 0.329 e. The summed E-state index contributed by atoms with van der Waals surface area (Å²) < 4.78 is 32.2. The van der Waals surface area contributed by atoms with Crippen molar-refractivity contribution in [1.29, 1.82) is 0 Å². The molecule has 0 bridgehead atoms. The Morgan fingerprint density at radius 3 is 2.94 bits per heavy atom. The van der Waals surface area contributed by atoms with Gasteiger partial charge in [0.25, 0.3) is 5.89 Å². The van der Waals surface area contributed by atoms with Gasteiger partial charge in [0.2, 0.25) is 0 Å². The first-order chi connectivity index (χ1) is 8.46. The maximum atomic E-state index is 11.3. The number of sulfone groups is 1. The van der Waals surface area contributed by atoms with Crippen LogP contribution in [0.15, 0.2) is 4.52 Å². The molecule has 2 heterocycles. The van der Waals surface area contributed by atoms with Crippen LogP contribution < -0.4 is 0 Å². The van der Waals surface area contributed by atoms with Crippen LogP contribution >= 0.6 is 0 Å². The second kappa shape index (κ2) is 5.02. The Morgan fingerprint density at radius 2 is 2.33 bits per heavy atom. The zero-order chi connectivity index (χ0) is 13.2. The molecule has 0 saturated carbocycles. The number of carboxylic acid groups (broad SMARTS) is 1. The maximum absolute atomic E-state index is 11.3. The summed E-state index contributed by atoms with van der Waals surface area (Å²) in [5, 5.41) is 12.1. The Morgan fingerprint density at radius 1 is 1.56 bits per heavy atom. The van der Waals surface area contributed by atoms with Crippen molar-refractivity contribution in [2.24, 2.45) is 0 Å². The Bertz CT molecular complexity index is 537. The number of carboxylic acids is 1. The van der Waals surface area contributed by atoms with E-state index in [2.05, 4.69) is 10.1 Å². The van der Waals surface area contributed by atoms with E-state index in [4.69, 9.17) is 14.4 Å². The lowest BCUT2D eigenvalue weighted by molar-refractivity contribution is -0.142. The van der Waals surface area contributed by atoms with Gasteiger partial charge in [0.05, 0.1) is 11.5 Å². The normalized spacial score (nSPS) is 22.1. The third kappa shape index (κ3) is 3.26. The van der Waals surface area contributed by atoms with Gasteiger partial charge in [-0.2, -0.15) is 4.98 Å². The zero-order valence-corrected chi connectivity index (χ0v) is 10.2. The molecule has 100 valence electrons. The van der Waals surface area contributed by atoms with Gasteiger partial charge in [-0.05, 0) is 6.42 Å². The van der Waals surface area contributed by atoms with Crippen LogP contribution in [0.1, 0.15) is 24.1 Å². The molecule has 0 radical (unpaired) electrons. The lowest BCUT2D eigenvalue weighted by Crippen LogP contribution is -2.07. The molecule has 1 aromatic heterocycles. The first-order valence-corrected chi connectivity index (χ1v) is 7.11. The van der Waals surface area contributed by atoms with E-state index in [1.54, 1.807) is 0 Å². The standard InChI is InChI=1S/C9H12N2O6S/c12-8(13)4-16-3-7-10-9(11-17-7)6-1-2-18(14,15)5-6/h6H,1-5H2,(H,12,13). The van der Waals surface area contributed by atoms with E-state index >= 15 is 0 Å². The van der Waals surface area contributed by atoms with E-state index in [1.165, 1.54) is 0 Å². The van der Waals surface area contributed by atoms with Gasteiger partial charge in [-0.25, -0.2) is 13.2 Å². The lowest BCUT2D eigenvalue weighted by Gasteiger charge is -1.98. The van der Waals surface area contributed by atoms with Gasteiger partial charge in [0.15, 0.2) is 15.7 Å². The van der Waals surface area contributed by atoms with Crippen molar-refractivity contribution in [3.8, 4) is 0 Å². The molecule has 0 aliphatic carbocycles. The number of aromatic nitrogens is 2. The Kier molecular flexibility index (Phi) is 3.62. The number of rotatable bonds is 5. The van der Waals surface area contributed by atoms with E-state index in [0.717, 1.165) is 0 Å². The van der Waals surface area contributed by atoms with Gasteiger partial charge in [-0.3, -0.25) is 0 Å². The van der Waals surface area contributed by atoms with Gasteiger partial charge in [-0.15, -0.1) is 0 Å². The minimum absolute atomic E-state index is 0.0297. The summed E-state index contributed by atoms with van der Waals surface area (Å²) in [6.07, 6.45) is 0.483. The van der Waals surface area contributed by atoms with Crippen molar-refractivity contribution in [2.75, 3.05) is 18.1 Å². The van der Waals surface area contributed by atoms with Crippen LogP contribution in [0.25, 0.3) is 0 Å². The second-order valence-corrected chi connectivity index (χ2v) is 6.26. The first kappa shape index (κ1) is 13.0. The molecule has 1 aliphatic heterocycles. The summed E-state index contributed by atoms with van der Waals surface area (Å²) in [5.74, 6) is -0.678. The van der Waals surface area contributed by atoms with Crippen molar-refractivity contribution >= 4 is 15.8 Å². The number of hydrogen-bond donors (Lipinski definition) is 1. The predicted molar refractivity (Wildman–Crippen MR) is 57.6 cm³/mol. The second-order valence-electron chi connectivity index (χ2n) is 4.03. The molecule has 0 aromatic carbocycles. The van der Waals surface area contributed by atoms with E-state index in [-0.39, 0.29) is 29.9 Å². The summed E-state index contributed by atoms with van der Waals surface area (Å²) in [4.78, 5) is 14.2. The van der Waals surface area contributed by atoms with Crippen LogP contribution in [0.2, 0.25) is 0 Å². The largest absolute Gasteiger partial charge is 0.480 e. The first-order valence-electron chi connectivity index (χ1n) is 5.29. The molecule has 0 spiro atoms. The molecule has 18 heavy (non-hydrogen) atoms. The molecule has 1 fully saturated rings. The van der Waals surface area contributed by atoms with Crippen molar-refractivity contribution in [2.45, 2.75) is 18.9 Å². The van der Waals surface area contributed by atoms with E-state index in [0.29, 0.717) is 12.2 Å². The van der Waals surface area contributed by atoms with Gasteiger partial charge < -0.3 is 14.4 Å². The van der Waals surface area contributed by atoms with Crippen molar-refractivity contribution in [1.82, 2.24) is 10.1 Å². The molecule has 8 nitrogen and oxygen atoms in total. The number of nitrogens with zero attached hydrogens (tertiary/aromatic N) is 2. The van der Waals surface area contributed by atoms with Crippen LogP contribution in [0.4, 0.5) is 0 Å². The topological polar surface area (TPSA) is 120 Å². The quantitative estimate of drug-likeness (QED) is 0.769. The zero-order valence-electron chi connectivity index (χ0n) is 9.40.